The van der Waals surface area contributed by atoms with Crippen LogP contribution in [0.15, 0.2) is 0 Å². The number of thioether (sulfide) groups is 1. The third kappa shape index (κ3) is 8.02. The van der Waals surface area contributed by atoms with Gasteiger partial charge in [-0.2, -0.15) is 11.8 Å². The molecule has 0 atom stereocenters. The van der Waals surface area contributed by atoms with Crippen molar-refractivity contribution in [1.29, 1.82) is 0 Å². The van der Waals surface area contributed by atoms with Gasteiger partial charge in [0.2, 0.25) is 0 Å². The minimum absolute atomic E-state index is 0.316. The molecule has 0 N–H and O–H groups in total. The normalized spacial score (nSPS) is 9.56. The molecule has 0 bridgehead atoms. The van der Waals surface area contributed by atoms with Gasteiger partial charge < -0.3 is 4.79 Å². The van der Waals surface area contributed by atoms with Crippen molar-refractivity contribution in [3.63, 3.8) is 0 Å². The largest absolute Gasteiger partial charge is 0.300 e. The summed E-state index contributed by atoms with van der Waals surface area (Å²) in [6, 6.07) is 0. The molecule has 0 fully saturated rings. The molecule has 0 amide bonds. The molecule has 0 rings (SSSR count). The predicted octanol–water partition coefficient (Wildman–Crippen LogP) is 2.11. The van der Waals surface area contributed by atoms with Crippen LogP contribution in [0.2, 0.25) is 0 Å². The first-order chi connectivity index (χ1) is 4.27. The van der Waals surface area contributed by atoms with Crippen LogP contribution in [0, 0.1) is 0 Å². The number of hydrogen-bond acceptors (Lipinski definition) is 2. The van der Waals surface area contributed by atoms with E-state index in [0.717, 1.165) is 12.8 Å². The summed E-state index contributed by atoms with van der Waals surface area (Å²) in [4.78, 5) is 10.4. The highest BCUT2D eigenvalue weighted by atomic mass is 32.2. The molecule has 54 valence electrons. The van der Waals surface area contributed by atoms with Crippen molar-refractivity contribution in [2.45, 2.75) is 26.2 Å². The van der Waals surface area contributed by atoms with E-state index in [-0.39, 0.29) is 0 Å². The summed E-state index contributed by atoms with van der Waals surface area (Å²) in [5.41, 5.74) is 0. The summed E-state index contributed by atoms with van der Waals surface area (Å²) in [5, 5.41) is 0. The molecule has 2 heteroatoms. The van der Waals surface area contributed by atoms with Crippen LogP contribution < -0.4 is 0 Å². The summed E-state index contributed by atoms with van der Waals surface area (Å²) >= 11 is 1.84. The van der Waals surface area contributed by atoms with Gasteiger partial charge in [-0.3, -0.25) is 0 Å². The Morgan fingerprint density at radius 1 is 1.44 bits per heavy atom. The number of hydrogen-bond donors (Lipinski definition) is 0. The second-order valence-electron chi connectivity index (χ2n) is 2.15. The zero-order valence-electron chi connectivity index (χ0n) is 6.14. The maximum atomic E-state index is 10.4. The van der Waals surface area contributed by atoms with E-state index >= 15 is 0 Å². The van der Waals surface area contributed by atoms with E-state index in [1.54, 1.807) is 6.92 Å². The van der Waals surface area contributed by atoms with Gasteiger partial charge in [0.05, 0.1) is 0 Å². The molecular formula is C7H14OS. The molecule has 9 heavy (non-hydrogen) atoms. The molecule has 0 aromatic carbocycles. The van der Waals surface area contributed by atoms with Gasteiger partial charge in [-0.25, -0.2) is 0 Å². The molecule has 0 heterocycles. The van der Waals surface area contributed by atoms with E-state index in [1.807, 2.05) is 11.8 Å². The van der Waals surface area contributed by atoms with E-state index in [0.29, 0.717) is 5.78 Å². The van der Waals surface area contributed by atoms with Crippen molar-refractivity contribution in [3.8, 4) is 0 Å². The van der Waals surface area contributed by atoms with Gasteiger partial charge in [-0.1, -0.05) is 0 Å². The zero-order chi connectivity index (χ0) is 7.11. The van der Waals surface area contributed by atoms with Crippen molar-refractivity contribution in [2.75, 3.05) is 12.0 Å². The number of carbonyl (C=O) groups excluding carboxylic acids is 1. The van der Waals surface area contributed by atoms with Crippen molar-refractivity contribution >= 4 is 17.5 Å². The molecule has 0 aliphatic heterocycles. The molecule has 0 aliphatic carbocycles. The van der Waals surface area contributed by atoms with Crippen LogP contribution in [0.5, 0.6) is 0 Å². The van der Waals surface area contributed by atoms with Gasteiger partial charge in [0.25, 0.3) is 0 Å². The van der Waals surface area contributed by atoms with E-state index in [1.165, 1.54) is 12.2 Å². The van der Waals surface area contributed by atoms with Crippen molar-refractivity contribution in [2.24, 2.45) is 0 Å². The maximum Gasteiger partial charge on any atom is 0.129 e. The lowest BCUT2D eigenvalue weighted by Crippen LogP contribution is -1.89. The topological polar surface area (TPSA) is 17.1 Å². The molecule has 0 aliphatic rings. The van der Waals surface area contributed by atoms with Crippen LogP contribution in [-0.2, 0) is 4.79 Å². The van der Waals surface area contributed by atoms with E-state index in [9.17, 15) is 4.79 Å². The summed E-state index contributed by atoms with van der Waals surface area (Å²) < 4.78 is 0. The third-order valence-corrected chi connectivity index (χ3v) is 1.82. The van der Waals surface area contributed by atoms with Crippen LogP contribution >= 0.6 is 11.8 Å². The average molecular weight is 146 g/mol. The van der Waals surface area contributed by atoms with Gasteiger partial charge >= 0.3 is 0 Å². The van der Waals surface area contributed by atoms with Gasteiger partial charge in [-0.05, 0) is 31.8 Å². The van der Waals surface area contributed by atoms with Crippen LogP contribution in [0.4, 0.5) is 0 Å². The summed E-state index contributed by atoms with van der Waals surface area (Å²) in [7, 11) is 0. The van der Waals surface area contributed by atoms with E-state index < -0.39 is 0 Å². The fourth-order valence-corrected chi connectivity index (χ4v) is 1.11. The van der Waals surface area contributed by atoms with E-state index in [2.05, 4.69) is 6.26 Å². The van der Waals surface area contributed by atoms with Crippen molar-refractivity contribution in [1.82, 2.24) is 0 Å². The maximum absolute atomic E-state index is 10.4. The van der Waals surface area contributed by atoms with Crippen molar-refractivity contribution in [3.05, 3.63) is 0 Å². The summed E-state index contributed by atoms with van der Waals surface area (Å²) in [6.45, 7) is 1.65. The highest BCUT2D eigenvalue weighted by Gasteiger charge is 1.91. The quantitative estimate of drug-likeness (QED) is 0.552. The number of carbonyl (C=O) groups is 1. The van der Waals surface area contributed by atoms with Crippen molar-refractivity contribution < 1.29 is 4.79 Å². The highest BCUT2D eigenvalue weighted by Crippen LogP contribution is 2.01. The Bertz CT molecular complexity index is 81.0. The smallest absolute Gasteiger partial charge is 0.129 e. The Labute approximate surface area is 61.2 Å². The minimum Gasteiger partial charge on any atom is -0.300 e. The van der Waals surface area contributed by atoms with Gasteiger partial charge in [-0.15, -0.1) is 0 Å². The first-order valence-electron chi connectivity index (χ1n) is 3.25. The minimum atomic E-state index is 0.316. The Balaban J connectivity index is 2.83. The molecule has 0 saturated carbocycles. The lowest BCUT2D eigenvalue weighted by Gasteiger charge is -1.93. The standard InChI is InChI=1S/C7H14OS/c1-7(8)5-3-4-6-9-2/h3-6H2,1-2H3. The first-order valence-corrected chi connectivity index (χ1v) is 4.65. The molecule has 0 unspecified atom stereocenters. The second-order valence-corrected chi connectivity index (χ2v) is 3.14. The summed E-state index contributed by atoms with van der Waals surface area (Å²) in [6.07, 6.45) is 5.10. The lowest BCUT2D eigenvalue weighted by atomic mass is 10.2. The highest BCUT2D eigenvalue weighted by molar-refractivity contribution is 7.98. The SMILES string of the molecule is CSCCCCC(C)=O. The zero-order valence-corrected chi connectivity index (χ0v) is 6.96. The van der Waals surface area contributed by atoms with Gasteiger partial charge in [0.1, 0.15) is 5.78 Å². The molecule has 0 aromatic heterocycles. The Morgan fingerprint density at radius 2 is 2.11 bits per heavy atom. The molecule has 0 spiro atoms. The second kappa shape index (κ2) is 6.14. The molecule has 0 saturated heterocycles. The first kappa shape index (κ1) is 9.02. The Kier molecular flexibility index (Phi) is 6.16. The predicted molar refractivity (Wildman–Crippen MR) is 42.9 cm³/mol. The Hall–Kier alpha value is 0.0200. The molecule has 1 nitrogen and oxygen atoms in total. The average Bonchev–Trinajstić information content (AvgIpc) is 1.80. The van der Waals surface area contributed by atoms with Crippen LogP contribution in [0.3, 0.4) is 0 Å². The van der Waals surface area contributed by atoms with Crippen LogP contribution in [0.1, 0.15) is 26.2 Å². The number of rotatable bonds is 5. The molecule has 0 aromatic rings. The molecule has 0 radical (unpaired) electrons. The number of ketones is 1. The number of unbranched alkanes of at least 4 members (excludes halogenated alkanes) is 1. The summed E-state index contributed by atoms with van der Waals surface area (Å²) in [5.74, 6) is 1.50. The van der Waals surface area contributed by atoms with E-state index in [4.69, 9.17) is 0 Å². The van der Waals surface area contributed by atoms with Gasteiger partial charge in [0, 0.05) is 6.42 Å². The van der Waals surface area contributed by atoms with Crippen LogP contribution in [-0.4, -0.2) is 17.8 Å². The van der Waals surface area contributed by atoms with Gasteiger partial charge in [0.15, 0.2) is 0 Å². The lowest BCUT2D eigenvalue weighted by molar-refractivity contribution is -0.117. The monoisotopic (exact) mass is 146 g/mol. The van der Waals surface area contributed by atoms with Crippen LogP contribution in [0.25, 0.3) is 0 Å². The Morgan fingerprint density at radius 3 is 2.56 bits per heavy atom. The third-order valence-electron chi connectivity index (χ3n) is 1.13. The fraction of sp³-hybridized carbons (Fsp3) is 0.857. The fourth-order valence-electron chi connectivity index (χ4n) is 0.620. The number of Topliss-reactive ketones (excluding diaryl/α,β-unsaturated/α-hetero) is 1. The molecular weight excluding hydrogens is 132 g/mol.